The summed E-state index contributed by atoms with van der Waals surface area (Å²) in [6.45, 7) is 0.316. The molecule has 0 aliphatic carbocycles. The van der Waals surface area contributed by atoms with Crippen molar-refractivity contribution in [3.63, 3.8) is 0 Å². The van der Waals surface area contributed by atoms with Crippen molar-refractivity contribution in [1.29, 1.82) is 0 Å². The average molecular weight is 283 g/mol. The summed E-state index contributed by atoms with van der Waals surface area (Å²) in [6, 6.07) is 12.7. The van der Waals surface area contributed by atoms with Gasteiger partial charge in [-0.1, -0.05) is 23.3 Å². The molecule has 3 rings (SSSR count). The molecule has 0 amide bonds. The van der Waals surface area contributed by atoms with Crippen LogP contribution in [-0.2, 0) is 6.54 Å². The first-order valence-electron chi connectivity index (χ1n) is 6.35. The molecule has 1 N–H and O–H groups in total. The lowest BCUT2D eigenvalue weighted by Crippen LogP contribution is -1.86. The second-order valence-corrected chi connectivity index (χ2v) is 4.37. The zero-order chi connectivity index (χ0) is 14.7. The molecule has 0 aliphatic heterocycles. The Bertz CT molecular complexity index is 763. The molecule has 0 aliphatic rings. The Morgan fingerprint density at radius 3 is 2.86 bits per heavy atom. The maximum absolute atomic E-state index is 9.67. The summed E-state index contributed by atoms with van der Waals surface area (Å²) in [5.41, 5.74) is 2.23. The molecule has 0 saturated carbocycles. The van der Waals surface area contributed by atoms with Gasteiger partial charge < -0.3 is 14.3 Å². The number of benzene rings is 2. The van der Waals surface area contributed by atoms with E-state index in [1.807, 2.05) is 30.3 Å². The van der Waals surface area contributed by atoms with Gasteiger partial charge in [0.25, 0.3) is 0 Å². The van der Waals surface area contributed by atoms with E-state index in [1.165, 1.54) is 7.11 Å². The van der Waals surface area contributed by atoms with Crippen molar-refractivity contribution in [1.82, 2.24) is 4.98 Å². The molecule has 0 fully saturated rings. The van der Waals surface area contributed by atoms with Crippen LogP contribution in [0.25, 0.3) is 11.1 Å². The highest BCUT2D eigenvalue weighted by Crippen LogP contribution is 2.27. The van der Waals surface area contributed by atoms with Crippen LogP contribution < -0.4 is 4.74 Å². The fourth-order valence-electron chi connectivity index (χ4n) is 1.91. The van der Waals surface area contributed by atoms with Gasteiger partial charge in [0, 0.05) is 0 Å². The Morgan fingerprint density at radius 1 is 1.24 bits per heavy atom. The number of ether oxygens (including phenoxy) is 1. The Balaban J connectivity index is 1.73. The zero-order valence-electron chi connectivity index (χ0n) is 11.4. The van der Waals surface area contributed by atoms with E-state index in [9.17, 15) is 5.11 Å². The first-order valence-corrected chi connectivity index (χ1v) is 6.35. The smallest absolute Gasteiger partial charge is 0.341 e. The van der Waals surface area contributed by atoms with Gasteiger partial charge in [0.2, 0.25) is 0 Å². The van der Waals surface area contributed by atoms with E-state index in [1.54, 1.807) is 12.1 Å². The Kier molecular flexibility index (Phi) is 3.51. The molecule has 1 heterocycles. The van der Waals surface area contributed by atoms with Crippen LogP contribution in [0, 0.1) is 0 Å². The van der Waals surface area contributed by atoms with E-state index >= 15 is 0 Å². The lowest BCUT2D eigenvalue weighted by atomic mass is 10.2. The molecule has 0 unspecified atom stereocenters. The Labute approximate surface area is 120 Å². The molecule has 0 spiro atoms. The predicted octanol–water partition coefficient (Wildman–Crippen LogP) is 3.83. The monoisotopic (exact) mass is 283 g/mol. The standard InChI is InChI=1S/C15H13N3O3/c1-20-14-7-6-10(8-12(14)19)9-16-18-15-17-11-4-2-3-5-13(11)21-15/h2-8,19H,9H2,1H3. The number of hydrogen-bond acceptors (Lipinski definition) is 6. The number of aromatic nitrogens is 1. The van der Waals surface area contributed by atoms with Crippen LogP contribution in [0.5, 0.6) is 11.5 Å². The van der Waals surface area contributed by atoms with Gasteiger partial charge in [-0.15, -0.1) is 0 Å². The van der Waals surface area contributed by atoms with Crippen LogP contribution in [-0.4, -0.2) is 17.2 Å². The van der Waals surface area contributed by atoms with Gasteiger partial charge >= 0.3 is 6.01 Å². The van der Waals surface area contributed by atoms with Crippen LogP contribution >= 0.6 is 0 Å². The third-order valence-corrected chi connectivity index (χ3v) is 2.94. The lowest BCUT2D eigenvalue weighted by molar-refractivity contribution is 0.373. The number of para-hydroxylation sites is 2. The minimum Gasteiger partial charge on any atom is -0.504 e. The summed E-state index contributed by atoms with van der Waals surface area (Å²) >= 11 is 0. The molecule has 0 saturated heterocycles. The van der Waals surface area contributed by atoms with Gasteiger partial charge in [0.15, 0.2) is 17.1 Å². The summed E-state index contributed by atoms with van der Waals surface area (Å²) < 4.78 is 10.4. The van der Waals surface area contributed by atoms with Crippen molar-refractivity contribution in [2.24, 2.45) is 10.2 Å². The van der Waals surface area contributed by atoms with Crippen molar-refractivity contribution in [3.8, 4) is 11.5 Å². The normalized spacial score (nSPS) is 11.3. The van der Waals surface area contributed by atoms with Crippen molar-refractivity contribution in [2.45, 2.75) is 6.54 Å². The molecule has 0 radical (unpaired) electrons. The SMILES string of the molecule is COc1ccc(CN=Nc2nc3ccccc3o2)cc1O. The van der Waals surface area contributed by atoms with Crippen molar-refractivity contribution < 1.29 is 14.3 Å². The molecule has 6 heteroatoms. The molecule has 2 aromatic carbocycles. The lowest BCUT2D eigenvalue weighted by Gasteiger charge is -2.03. The summed E-state index contributed by atoms with van der Waals surface area (Å²) in [5.74, 6) is 0.502. The van der Waals surface area contributed by atoms with E-state index in [-0.39, 0.29) is 11.8 Å². The molecular formula is C15H13N3O3. The average Bonchev–Trinajstić information content (AvgIpc) is 2.90. The van der Waals surface area contributed by atoms with Crippen molar-refractivity contribution >= 4 is 17.1 Å². The first-order chi connectivity index (χ1) is 10.3. The van der Waals surface area contributed by atoms with E-state index < -0.39 is 0 Å². The third-order valence-electron chi connectivity index (χ3n) is 2.94. The van der Waals surface area contributed by atoms with Gasteiger partial charge in [0.05, 0.1) is 13.7 Å². The van der Waals surface area contributed by atoms with Crippen molar-refractivity contribution in [3.05, 3.63) is 48.0 Å². The van der Waals surface area contributed by atoms with Crippen molar-refractivity contribution in [2.75, 3.05) is 7.11 Å². The maximum atomic E-state index is 9.67. The number of methoxy groups -OCH3 is 1. The van der Waals surface area contributed by atoms with Gasteiger partial charge in [0.1, 0.15) is 5.52 Å². The summed E-state index contributed by atoms with van der Waals surface area (Å²) in [6.07, 6.45) is 0. The fraction of sp³-hybridized carbons (Fsp3) is 0.133. The molecule has 21 heavy (non-hydrogen) atoms. The summed E-state index contributed by atoms with van der Waals surface area (Å²) in [5, 5.41) is 17.6. The number of phenols is 1. The quantitative estimate of drug-likeness (QED) is 0.738. The van der Waals surface area contributed by atoms with E-state index in [2.05, 4.69) is 15.2 Å². The van der Waals surface area contributed by atoms with Gasteiger partial charge in [-0.3, -0.25) is 0 Å². The maximum Gasteiger partial charge on any atom is 0.341 e. The second-order valence-electron chi connectivity index (χ2n) is 4.37. The molecule has 106 valence electrons. The van der Waals surface area contributed by atoms with E-state index in [0.29, 0.717) is 17.9 Å². The summed E-state index contributed by atoms with van der Waals surface area (Å²) in [7, 11) is 1.50. The number of aromatic hydroxyl groups is 1. The number of oxazole rings is 1. The van der Waals surface area contributed by atoms with Gasteiger partial charge in [-0.2, -0.15) is 10.1 Å². The predicted molar refractivity (Wildman–Crippen MR) is 76.9 cm³/mol. The largest absolute Gasteiger partial charge is 0.504 e. The molecule has 6 nitrogen and oxygen atoms in total. The van der Waals surface area contributed by atoms with Crippen LogP contribution in [0.1, 0.15) is 5.56 Å². The highest BCUT2D eigenvalue weighted by atomic mass is 16.5. The molecule has 3 aromatic rings. The van der Waals surface area contributed by atoms with Gasteiger partial charge in [-0.05, 0) is 29.8 Å². The number of rotatable bonds is 4. The number of phenolic OH excluding ortho intramolecular Hbond substituents is 1. The minimum atomic E-state index is 0.0760. The van der Waals surface area contributed by atoms with E-state index in [0.717, 1.165) is 11.1 Å². The topological polar surface area (TPSA) is 80.2 Å². The second kappa shape index (κ2) is 5.62. The zero-order valence-corrected chi connectivity index (χ0v) is 11.4. The Hall–Kier alpha value is -2.89. The van der Waals surface area contributed by atoms with Crippen LogP contribution in [0.3, 0.4) is 0 Å². The molecular weight excluding hydrogens is 270 g/mol. The van der Waals surface area contributed by atoms with Crippen LogP contribution in [0.4, 0.5) is 6.01 Å². The first kappa shape index (κ1) is 13.1. The highest BCUT2D eigenvalue weighted by molar-refractivity contribution is 5.73. The Morgan fingerprint density at radius 2 is 2.10 bits per heavy atom. The number of nitrogens with zero attached hydrogens (tertiary/aromatic N) is 3. The highest BCUT2D eigenvalue weighted by Gasteiger charge is 2.04. The molecule has 1 aromatic heterocycles. The number of hydrogen-bond donors (Lipinski definition) is 1. The number of fused-ring (bicyclic) bond motifs is 1. The summed E-state index contributed by atoms with van der Waals surface area (Å²) in [4.78, 5) is 4.19. The third kappa shape index (κ3) is 2.84. The fourth-order valence-corrected chi connectivity index (χ4v) is 1.91. The minimum absolute atomic E-state index is 0.0760. The molecule has 0 bridgehead atoms. The van der Waals surface area contributed by atoms with Crippen LogP contribution in [0.15, 0.2) is 57.1 Å². The van der Waals surface area contributed by atoms with Crippen LogP contribution in [0.2, 0.25) is 0 Å². The molecule has 0 atom stereocenters. The number of azo groups is 1. The van der Waals surface area contributed by atoms with Gasteiger partial charge in [-0.25, -0.2) is 0 Å². The van der Waals surface area contributed by atoms with E-state index in [4.69, 9.17) is 9.15 Å².